The molecular weight excluding hydrogens is 887 g/mol. The SMILES string of the molecule is Fc1cccc(N(c2ccccc2)c2cccc3c2C2=CC=CC4c5c(c(-c6ccccc6)c6c7cccc8c9c(N(c%10ccccc%10)c%10cccc(F)c%10)cccc9n(c6c5-c5ccccc5)c87)N3C24)c1. The van der Waals surface area contributed by atoms with Gasteiger partial charge in [0.1, 0.15) is 11.6 Å². The maximum Gasteiger partial charge on any atom is 0.125 e. The van der Waals surface area contributed by atoms with Gasteiger partial charge in [0.25, 0.3) is 0 Å². The zero-order chi connectivity index (χ0) is 47.6. The van der Waals surface area contributed by atoms with E-state index in [1.807, 2.05) is 48.5 Å². The highest BCUT2D eigenvalue weighted by atomic mass is 19.1. The van der Waals surface area contributed by atoms with Gasteiger partial charge in [-0.25, -0.2) is 8.78 Å². The molecule has 10 aromatic carbocycles. The highest BCUT2D eigenvalue weighted by Gasteiger charge is 2.51. The van der Waals surface area contributed by atoms with Gasteiger partial charge < -0.3 is 19.1 Å². The number of aromatic nitrogens is 1. The van der Waals surface area contributed by atoms with Gasteiger partial charge in [0.15, 0.2) is 0 Å². The molecule has 2 aromatic heterocycles. The molecule has 0 N–H and O–H groups in total. The number of hydrogen-bond acceptors (Lipinski definition) is 3. The number of nitrogens with zero attached hydrogens (tertiary/aromatic N) is 4. The molecule has 0 saturated heterocycles. The first kappa shape index (κ1) is 40.6. The number of fused-ring (bicyclic) bond motifs is 12. The third-order valence-electron chi connectivity index (χ3n) is 15.2. The van der Waals surface area contributed by atoms with Crippen LogP contribution in [0.15, 0.2) is 243 Å². The number of anilines is 8. The van der Waals surface area contributed by atoms with Gasteiger partial charge in [-0.15, -0.1) is 0 Å². The van der Waals surface area contributed by atoms with Gasteiger partial charge >= 0.3 is 0 Å². The number of halogens is 2. The Morgan fingerprint density at radius 3 is 1.60 bits per heavy atom. The lowest BCUT2D eigenvalue weighted by molar-refractivity contribution is 0.627. The fraction of sp³-hybridized carbons (Fsp3) is 0.0303. The van der Waals surface area contributed by atoms with Crippen molar-refractivity contribution in [3.8, 4) is 22.3 Å². The minimum Gasteiger partial charge on any atom is -0.332 e. The molecule has 0 fully saturated rings. The van der Waals surface area contributed by atoms with E-state index >= 15 is 8.78 Å². The lowest BCUT2D eigenvalue weighted by Gasteiger charge is -2.29. The van der Waals surface area contributed by atoms with Gasteiger partial charge in [-0.2, -0.15) is 0 Å². The van der Waals surface area contributed by atoms with Crippen LogP contribution in [0.1, 0.15) is 17.0 Å². The molecule has 0 radical (unpaired) electrons. The topological polar surface area (TPSA) is 14.1 Å². The van der Waals surface area contributed by atoms with E-state index in [1.54, 1.807) is 24.3 Å². The number of rotatable bonds is 8. The van der Waals surface area contributed by atoms with Crippen LogP contribution < -0.4 is 14.7 Å². The van der Waals surface area contributed by atoms with Gasteiger partial charge in [0, 0.05) is 66.9 Å². The summed E-state index contributed by atoms with van der Waals surface area (Å²) >= 11 is 0. The Hall–Kier alpha value is -9.26. The van der Waals surface area contributed by atoms with Crippen molar-refractivity contribution in [2.45, 2.75) is 12.0 Å². The zero-order valence-corrected chi connectivity index (χ0v) is 38.8. The smallest absolute Gasteiger partial charge is 0.125 e. The molecule has 0 saturated carbocycles. The molecule has 72 heavy (non-hydrogen) atoms. The number of benzene rings is 10. The van der Waals surface area contributed by atoms with Crippen LogP contribution in [0.25, 0.3) is 65.9 Å². The predicted octanol–water partition coefficient (Wildman–Crippen LogP) is 18.0. The minimum atomic E-state index is -0.288. The summed E-state index contributed by atoms with van der Waals surface area (Å²) in [5.41, 5.74) is 19.4. The number of allylic oxidation sites excluding steroid dienone is 2. The van der Waals surface area contributed by atoms with Crippen molar-refractivity contribution in [3.05, 3.63) is 265 Å². The first-order chi connectivity index (χ1) is 35.6. The van der Waals surface area contributed by atoms with Crippen LogP contribution in [0.5, 0.6) is 0 Å². The van der Waals surface area contributed by atoms with Crippen LogP contribution in [0.4, 0.5) is 54.3 Å². The van der Waals surface area contributed by atoms with Crippen molar-refractivity contribution in [1.29, 1.82) is 0 Å². The van der Waals surface area contributed by atoms with Gasteiger partial charge in [-0.1, -0.05) is 158 Å². The molecule has 6 heteroatoms. The van der Waals surface area contributed by atoms with E-state index in [2.05, 4.69) is 177 Å². The second-order valence-corrected chi connectivity index (χ2v) is 19.0. The second kappa shape index (κ2) is 15.6. The molecule has 4 heterocycles. The van der Waals surface area contributed by atoms with Crippen molar-refractivity contribution in [3.63, 3.8) is 0 Å². The zero-order valence-electron chi connectivity index (χ0n) is 38.8. The third-order valence-corrected chi connectivity index (χ3v) is 15.2. The van der Waals surface area contributed by atoms with Crippen LogP contribution >= 0.6 is 0 Å². The summed E-state index contributed by atoms with van der Waals surface area (Å²) in [5.74, 6) is -0.597. The lowest BCUT2D eigenvalue weighted by atomic mass is 9.79. The van der Waals surface area contributed by atoms with E-state index < -0.39 is 0 Å². The van der Waals surface area contributed by atoms with Gasteiger partial charge in [0.2, 0.25) is 0 Å². The molecule has 2 atom stereocenters. The van der Waals surface area contributed by atoms with Crippen molar-refractivity contribution >= 4 is 89.2 Å². The molecule has 12 aromatic rings. The molecule has 2 aliphatic heterocycles. The van der Waals surface area contributed by atoms with Crippen molar-refractivity contribution < 1.29 is 8.78 Å². The Bertz CT molecular complexity index is 4200. The molecule has 0 bridgehead atoms. The predicted molar refractivity (Wildman–Crippen MR) is 293 cm³/mol. The van der Waals surface area contributed by atoms with Crippen LogP contribution in [-0.2, 0) is 0 Å². The van der Waals surface area contributed by atoms with E-state index in [1.165, 1.54) is 45.5 Å². The van der Waals surface area contributed by atoms with Gasteiger partial charge in [-0.3, -0.25) is 0 Å². The summed E-state index contributed by atoms with van der Waals surface area (Å²) in [6.45, 7) is 0. The molecule has 4 nitrogen and oxygen atoms in total. The average Bonchev–Trinajstić information content (AvgIpc) is 4.17. The van der Waals surface area contributed by atoms with Gasteiger partial charge in [0.05, 0.1) is 45.3 Å². The lowest BCUT2D eigenvalue weighted by Crippen LogP contribution is -2.26. The van der Waals surface area contributed by atoms with Crippen molar-refractivity contribution in [1.82, 2.24) is 4.40 Å². The molecular formula is C66H42F2N4. The normalized spacial score (nSPS) is 15.4. The van der Waals surface area contributed by atoms with E-state index in [0.29, 0.717) is 0 Å². The third kappa shape index (κ3) is 5.72. The fourth-order valence-electron chi connectivity index (χ4n) is 12.6. The van der Waals surface area contributed by atoms with Gasteiger partial charge in [-0.05, 0) is 107 Å². The number of hydrogen-bond donors (Lipinski definition) is 0. The first-order valence-corrected chi connectivity index (χ1v) is 24.6. The Balaban J connectivity index is 1.08. The fourth-order valence-corrected chi connectivity index (χ4v) is 12.6. The van der Waals surface area contributed by atoms with Crippen LogP contribution in [0.2, 0.25) is 0 Å². The maximum absolute atomic E-state index is 15.3. The molecule has 0 amide bonds. The summed E-state index contributed by atoms with van der Waals surface area (Å²) < 4.78 is 33.1. The Morgan fingerprint density at radius 2 is 0.958 bits per heavy atom. The van der Waals surface area contributed by atoms with E-state index in [4.69, 9.17) is 0 Å². The average molecular weight is 929 g/mol. The van der Waals surface area contributed by atoms with Crippen LogP contribution in [-0.4, -0.2) is 10.4 Å². The summed E-state index contributed by atoms with van der Waals surface area (Å²) in [6, 6.07) is 76.2. The second-order valence-electron chi connectivity index (χ2n) is 19.0. The van der Waals surface area contributed by atoms with E-state index in [0.717, 1.165) is 89.2 Å². The summed E-state index contributed by atoms with van der Waals surface area (Å²) in [5, 5.41) is 4.58. The van der Waals surface area contributed by atoms with E-state index in [-0.39, 0.29) is 23.6 Å². The minimum absolute atomic E-state index is 0.0271. The monoisotopic (exact) mass is 928 g/mol. The summed E-state index contributed by atoms with van der Waals surface area (Å²) in [4.78, 5) is 7.03. The largest absolute Gasteiger partial charge is 0.332 e. The summed E-state index contributed by atoms with van der Waals surface area (Å²) in [7, 11) is 0. The highest BCUT2D eigenvalue weighted by molar-refractivity contribution is 6.32. The van der Waals surface area contributed by atoms with Crippen LogP contribution in [0.3, 0.4) is 0 Å². The van der Waals surface area contributed by atoms with Crippen molar-refractivity contribution in [2.24, 2.45) is 0 Å². The summed E-state index contributed by atoms with van der Waals surface area (Å²) in [6.07, 6.45) is 6.97. The molecule has 15 rings (SSSR count). The van der Waals surface area contributed by atoms with Crippen molar-refractivity contribution in [2.75, 3.05) is 14.7 Å². The first-order valence-electron chi connectivity index (χ1n) is 24.6. The molecule has 1 aliphatic carbocycles. The number of para-hydroxylation sites is 3. The molecule has 3 aliphatic rings. The highest BCUT2D eigenvalue weighted by Crippen LogP contribution is 2.66. The molecule has 0 spiro atoms. The quantitative estimate of drug-likeness (QED) is 0.151. The maximum atomic E-state index is 15.3. The Labute approximate surface area is 414 Å². The Morgan fingerprint density at radius 1 is 0.431 bits per heavy atom. The Kier molecular flexibility index (Phi) is 8.81. The van der Waals surface area contributed by atoms with Crippen LogP contribution in [0, 0.1) is 11.6 Å². The molecule has 2 unspecified atom stereocenters. The standard InChI is InChI=1S/C66H42F2N4/c67-43-23-13-29-47(39-43)69(45-25-9-3-10-26-45)53-35-17-37-55-59(53)50-32-16-34-52-62-58(42-21-7-2-8-22-42)66-61(57(41-19-5-1-6-20-41)65(62)71(55)64(50)52)51-33-15-31-49-60-54(36-18-38-56(60)72(66)63(49)51)70(46-27-11-4-12-28-46)48-30-14-24-44(68)40-48/h1-40,51,63H. The molecule has 340 valence electrons. The van der Waals surface area contributed by atoms with E-state index in [9.17, 15) is 0 Å².